The summed E-state index contributed by atoms with van der Waals surface area (Å²) in [7, 11) is 0. The lowest BCUT2D eigenvalue weighted by Crippen LogP contribution is -2.57. The molecule has 4 N–H and O–H groups in total. The van der Waals surface area contributed by atoms with E-state index < -0.39 is 41.2 Å². The molecule has 0 unspecified atom stereocenters. The number of amides is 3. The van der Waals surface area contributed by atoms with Gasteiger partial charge in [-0.05, 0) is 66.9 Å². The van der Waals surface area contributed by atoms with Crippen molar-refractivity contribution in [3.8, 4) is 0 Å². The monoisotopic (exact) mass is 554 g/mol. The van der Waals surface area contributed by atoms with Gasteiger partial charge in [0.25, 0.3) is 5.91 Å². The van der Waals surface area contributed by atoms with E-state index in [1.807, 2.05) is 0 Å². The first kappa shape index (κ1) is 26.4. The van der Waals surface area contributed by atoms with Gasteiger partial charge in [-0.25, -0.2) is 13.6 Å². The van der Waals surface area contributed by atoms with Gasteiger partial charge in [-0.1, -0.05) is 23.7 Å². The van der Waals surface area contributed by atoms with Gasteiger partial charge in [0, 0.05) is 24.2 Å². The van der Waals surface area contributed by atoms with Crippen LogP contribution in [0.25, 0.3) is 0 Å². The van der Waals surface area contributed by atoms with Crippen molar-refractivity contribution >= 4 is 40.9 Å². The van der Waals surface area contributed by atoms with Crippen LogP contribution in [-0.4, -0.2) is 41.9 Å². The molecular weight excluding hydrogens is 530 g/mol. The van der Waals surface area contributed by atoms with Crippen molar-refractivity contribution in [1.82, 2.24) is 10.2 Å². The highest BCUT2D eigenvalue weighted by atomic mass is 35.5. The van der Waals surface area contributed by atoms with Gasteiger partial charge in [0.05, 0.1) is 22.8 Å². The molecule has 0 bridgehead atoms. The Morgan fingerprint density at radius 2 is 1.92 bits per heavy atom. The van der Waals surface area contributed by atoms with E-state index in [2.05, 4.69) is 10.6 Å². The molecule has 2 atom stereocenters. The smallest absolute Gasteiger partial charge is 0.412 e. The van der Waals surface area contributed by atoms with Gasteiger partial charge < -0.3 is 20.7 Å². The summed E-state index contributed by atoms with van der Waals surface area (Å²) in [6, 6.07) is 13.7. The molecule has 5 rings (SSSR count). The number of nitrogen functional groups attached to an aromatic ring is 1. The Balaban J connectivity index is 1.46. The summed E-state index contributed by atoms with van der Waals surface area (Å²) in [6.07, 6.45) is -0.116. The predicted octanol–water partition coefficient (Wildman–Crippen LogP) is 4.62. The van der Waals surface area contributed by atoms with Crippen LogP contribution in [0.4, 0.5) is 25.0 Å². The Hall–Kier alpha value is -4.18. The topological polar surface area (TPSA) is 114 Å². The van der Waals surface area contributed by atoms with Crippen LogP contribution in [0.1, 0.15) is 34.3 Å². The van der Waals surface area contributed by atoms with Gasteiger partial charge in [0.15, 0.2) is 11.4 Å². The number of carbonyl (C=O) groups excluding carboxylic acids is 3. The lowest BCUT2D eigenvalue weighted by molar-refractivity contribution is -0.141. The SMILES string of the molecule is Nc1ccc(C(=O)N[C@@H](Cc2cccc(F)c2)C(=O)N2CCC[C@@]3(C2)OC(=O)Nc2ccc(Cl)c(F)c23)cc1. The summed E-state index contributed by atoms with van der Waals surface area (Å²) in [5, 5.41) is 5.09. The van der Waals surface area contributed by atoms with E-state index in [0.29, 0.717) is 17.7 Å². The van der Waals surface area contributed by atoms with Crippen LogP contribution in [0.5, 0.6) is 0 Å². The molecule has 1 saturated heterocycles. The number of nitrogens with zero attached hydrogens (tertiary/aromatic N) is 1. The fourth-order valence-electron chi connectivity index (χ4n) is 5.16. The number of halogens is 3. The fourth-order valence-corrected chi connectivity index (χ4v) is 5.32. The Kier molecular flexibility index (Phi) is 7.14. The molecule has 2 aliphatic rings. The molecule has 39 heavy (non-hydrogen) atoms. The zero-order valence-corrected chi connectivity index (χ0v) is 21.4. The van der Waals surface area contributed by atoms with E-state index >= 15 is 4.39 Å². The first-order valence-electron chi connectivity index (χ1n) is 12.3. The number of piperidine rings is 1. The van der Waals surface area contributed by atoms with E-state index in [1.165, 1.54) is 47.4 Å². The molecule has 2 heterocycles. The van der Waals surface area contributed by atoms with Gasteiger partial charge in [-0.15, -0.1) is 0 Å². The summed E-state index contributed by atoms with van der Waals surface area (Å²) in [4.78, 5) is 40.8. The standard InChI is InChI=1S/C28H25ClF2N4O4/c29-20-9-10-21-23(24(20)31)28(39-27(38)34-21)11-2-12-35(15-28)26(37)22(14-16-3-1-4-18(30)13-16)33-25(36)17-5-7-19(32)8-6-17/h1,3-10,13,22H,2,11-12,14-15,32H2,(H,33,36)(H,34,38)/t22-,28-/m0/s1. The minimum absolute atomic E-state index is 0.00107. The Labute approximate surface area is 228 Å². The van der Waals surface area contributed by atoms with E-state index in [1.54, 1.807) is 18.2 Å². The van der Waals surface area contributed by atoms with Gasteiger partial charge in [0.1, 0.15) is 11.9 Å². The Bertz CT molecular complexity index is 1450. The van der Waals surface area contributed by atoms with E-state index in [4.69, 9.17) is 22.1 Å². The molecule has 8 nitrogen and oxygen atoms in total. The van der Waals surface area contributed by atoms with Crippen molar-refractivity contribution in [2.75, 3.05) is 24.1 Å². The molecule has 1 fully saturated rings. The number of carbonyl (C=O) groups is 3. The molecular formula is C28H25ClF2N4O4. The summed E-state index contributed by atoms with van der Waals surface area (Å²) < 4.78 is 34.8. The van der Waals surface area contributed by atoms with Crippen LogP contribution in [0.15, 0.2) is 60.7 Å². The summed E-state index contributed by atoms with van der Waals surface area (Å²) >= 11 is 6.05. The van der Waals surface area contributed by atoms with Crippen LogP contribution in [0.2, 0.25) is 5.02 Å². The second kappa shape index (κ2) is 10.5. The molecule has 11 heteroatoms. The van der Waals surface area contributed by atoms with Crippen molar-refractivity contribution < 1.29 is 27.9 Å². The Morgan fingerprint density at radius 1 is 1.15 bits per heavy atom. The number of fused-ring (bicyclic) bond motifs is 2. The van der Waals surface area contributed by atoms with E-state index in [9.17, 15) is 18.8 Å². The van der Waals surface area contributed by atoms with Gasteiger partial charge in [-0.2, -0.15) is 0 Å². The number of likely N-dealkylation sites (tertiary alicyclic amines) is 1. The minimum atomic E-state index is -1.47. The molecule has 2 aliphatic heterocycles. The highest BCUT2D eigenvalue weighted by Gasteiger charge is 2.49. The molecule has 3 aromatic rings. The number of nitrogens with two attached hydrogens (primary N) is 1. The van der Waals surface area contributed by atoms with Crippen molar-refractivity contribution in [1.29, 1.82) is 0 Å². The zero-order valence-electron chi connectivity index (χ0n) is 20.7. The summed E-state index contributed by atoms with van der Waals surface area (Å²) in [5.74, 6) is -2.23. The van der Waals surface area contributed by atoms with E-state index in [-0.39, 0.29) is 47.8 Å². The van der Waals surface area contributed by atoms with Crippen LogP contribution in [-0.2, 0) is 21.6 Å². The number of benzene rings is 3. The third-order valence-corrected chi connectivity index (χ3v) is 7.24. The highest BCUT2D eigenvalue weighted by Crippen LogP contribution is 2.45. The van der Waals surface area contributed by atoms with Crippen LogP contribution >= 0.6 is 11.6 Å². The third-order valence-electron chi connectivity index (χ3n) is 6.95. The number of hydrogen-bond donors (Lipinski definition) is 3. The predicted molar refractivity (Wildman–Crippen MR) is 141 cm³/mol. The van der Waals surface area contributed by atoms with Crippen LogP contribution in [0.3, 0.4) is 0 Å². The van der Waals surface area contributed by atoms with Crippen molar-refractivity contribution in [2.45, 2.75) is 30.9 Å². The molecule has 1 spiro atoms. The number of nitrogens with one attached hydrogen (secondary N) is 2. The minimum Gasteiger partial charge on any atom is -0.436 e. The highest BCUT2D eigenvalue weighted by molar-refractivity contribution is 6.31. The number of ether oxygens (including phenoxy) is 1. The van der Waals surface area contributed by atoms with Crippen LogP contribution < -0.4 is 16.4 Å². The molecule has 0 aliphatic carbocycles. The summed E-state index contributed by atoms with van der Waals surface area (Å²) in [5.41, 5.74) is 5.79. The summed E-state index contributed by atoms with van der Waals surface area (Å²) in [6.45, 7) is 0.126. The Morgan fingerprint density at radius 3 is 2.67 bits per heavy atom. The molecule has 0 radical (unpaired) electrons. The largest absolute Gasteiger partial charge is 0.436 e. The van der Waals surface area contributed by atoms with Crippen molar-refractivity contribution in [3.05, 3.63) is 94.0 Å². The van der Waals surface area contributed by atoms with Crippen LogP contribution in [0, 0.1) is 11.6 Å². The molecule has 202 valence electrons. The first-order chi connectivity index (χ1) is 18.6. The lowest BCUT2D eigenvalue weighted by atomic mass is 9.82. The zero-order chi connectivity index (χ0) is 27.7. The quantitative estimate of drug-likeness (QED) is 0.398. The number of hydrogen-bond acceptors (Lipinski definition) is 5. The maximum Gasteiger partial charge on any atom is 0.412 e. The maximum absolute atomic E-state index is 15.3. The lowest BCUT2D eigenvalue weighted by Gasteiger charge is -2.45. The van der Waals surface area contributed by atoms with E-state index in [0.717, 1.165) is 0 Å². The second-order valence-corrected chi connectivity index (χ2v) is 10.0. The second-order valence-electron chi connectivity index (χ2n) is 9.64. The van der Waals surface area contributed by atoms with Gasteiger partial charge in [-0.3, -0.25) is 14.9 Å². The fraction of sp³-hybridized carbons (Fsp3) is 0.250. The van der Waals surface area contributed by atoms with Gasteiger partial charge in [0.2, 0.25) is 5.91 Å². The average Bonchev–Trinajstić information content (AvgIpc) is 2.90. The molecule has 0 saturated carbocycles. The van der Waals surface area contributed by atoms with Gasteiger partial charge >= 0.3 is 6.09 Å². The molecule has 0 aromatic heterocycles. The maximum atomic E-state index is 15.3. The third kappa shape index (κ3) is 5.37. The molecule has 3 aromatic carbocycles. The average molecular weight is 555 g/mol. The first-order valence-corrected chi connectivity index (χ1v) is 12.7. The van der Waals surface area contributed by atoms with Crippen molar-refractivity contribution in [3.63, 3.8) is 0 Å². The number of rotatable bonds is 5. The molecule has 3 amide bonds. The normalized spacial score (nSPS) is 19.1. The number of anilines is 2. The van der Waals surface area contributed by atoms with Crippen molar-refractivity contribution in [2.24, 2.45) is 0 Å².